The van der Waals surface area contributed by atoms with Crippen molar-refractivity contribution in [3.8, 4) is 0 Å². The highest BCUT2D eigenvalue weighted by atomic mass is 35.5. The third-order valence-corrected chi connectivity index (χ3v) is 4.11. The van der Waals surface area contributed by atoms with Crippen LogP contribution in [0.5, 0.6) is 0 Å². The molecular formula is C10H15ClN2S. The van der Waals surface area contributed by atoms with Gasteiger partial charge in [0.1, 0.15) is 0 Å². The van der Waals surface area contributed by atoms with Gasteiger partial charge in [0.25, 0.3) is 0 Å². The van der Waals surface area contributed by atoms with E-state index in [-0.39, 0.29) is 0 Å². The minimum atomic E-state index is 0.509. The van der Waals surface area contributed by atoms with Crippen LogP contribution in [0, 0.1) is 0 Å². The highest BCUT2D eigenvalue weighted by molar-refractivity contribution is 7.16. The van der Waals surface area contributed by atoms with Gasteiger partial charge >= 0.3 is 0 Å². The van der Waals surface area contributed by atoms with Crippen LogP contribution in [0.3, 0.4) is 0 Å². The van der Waals surface area contributed by atoms with Gasteiger partial charge in [-0.1, -0.05) is 11.6 Å². The third-order valence-electron chi connectivity index (χ3n) is 2.71. The van der Waals surface area contributed by atoms with Gasteiger partial charge in [-0.05, 0) is 19.1 Å². The van der Waals surface area contributed by atoms with Crippen molar-refractivity contribution in [3.63, 3.8) is 0 Å². The molecule has 2 heterocycles. The fourth-order valence-corrected chi connectivity index (χ4v) is 2.95. The first-order valence-corrected chi connectivity index (χ1v) is 6.17. The van der Waals surface area contributed by atoms with Gasteiger partial charge in [0.15, 0.2) is 0 Å². The molecule has 0 spiro atoms. The summed E-state index contributed by atoms with van der Waals surface area (Å²) in [6.45, 7) is 6.73. The molecule has 2 nitrogen and oxygen atoms in total. The van der Waals surface area contributed by atoms with Crippen LogP contribution in [0.2, 0.25) is 4.34 Å². The van der Waals surface area contributed by atoms with Crippen LogP contribution in [-0.2, 0) is 0 Å². The van der Waals surface area contributed by atoms with Gasteiger partial charge in [-0.15, -0.1) is 11.3 Å². The van der Waals surface area contributed by atoms with Gasteiger partial charge in [-0.3, -0.25) is 4.90 Å². The van der Waals surface area contributed by atoms with Crippen LogP contribution in [0.15, 0.2) is 12.1 Å². The first kappa shape index (κ1) is 10.4. The van der Waals surface area contributed by atoms with Gasteiger partial charge in [0.2, 0.25) is 0 Å². The van der Waals surface area contributed by atoms with Crippen molar-refractivity contribution in [2.24, 2.45) is 0 Å². The predicted octanol–water partition coefficient (Wildman–Crippen LogP) is 2.37. The van der Waals surface area contributed by atoms with Gasteiger partial charge in [0.05, 0.1) is 4.34 Å². The first-order valence-electron chi connectivity index (χ1n) is 4.97. The van der Waals surface area contributed by atoms with Crippen molar-refractivity contribution in [2.45, 2.75) is 13.0 Å². The van der Waals surface area contributed by atoms with E-state index in [1.807, 2.05) is 6.07 Å². The maximum Gasteiger partial charge on any atom is 0.0931 e. The molecule has 14 heavy (non-hydrogen) atoms. The SMILES string of the molecule is C[C@@H](c1ccc(Cl)s1)N1CCNCC1. The Hall–Kier alpha value is -0.0900. The smallest absolute Gasteiger partial charge is 0.0931 e. The zero-order valence-electron chi connectivity index (χ0n) is 8.29. The third kappa shape index (κ3) is 2.28. The molecule has 1 aromatic rings. The largest absolute Gasteiger partial charge is 0.314 e. The minimum absolute atomic E-state index is 0.509. The van der Waals surface area contributed by atoms with Crippen LogP contribution < -0.4 is 5.32 Å². The van der Waals surface area contributed by atoms with Crippen molar-refractivity contribution in [1.29, 1.82) is 0 Å². The van der Waals surface area contributed by atoms with E-state index < -0.39 is 0 Å². The predicted molar refractivity (Wildman–Crippen MR) is 62.2 cm³/mol. The summed E-state index contributed by atoms with van der Waals surface area (Å²) in [6.07, 6.45) is 0. The van der Waals surface area contributed by atoms with Crippen LogP contribution in [0.25, 0.3) is 0 Å². The standard InChI is InChI=1S/C10H15ClN2S/c1-8(9-2-3-10(11)14-9)13-6-4-12-5-7-13/h2-3,8,12H,4-7H2,1H3/t8-/m0/s1. The lowest BCUT2D eigenvalue weighted by atomic mass is 10.2. The number of piperazine rings is 1. The summed E-state index contributed by atoms with van der Waals surface area (Å²) >= 11 is 7.62. The van der Waals surface area contributed by atoms with Crippen molar-refractivity contribution < 1.29 is 0 Å². The van der Waals surface area contributed by atoms with Crippen LogP contribution in [0.4, 0.5) is 0 Å². The minimum Gasteiger partial charge on any atom is -0.314 e. The Morgan fingerprint density at radius 2 is 2.14 bits per heavy atom. The number of halogens is 1. The van der Waals surface area contributed by atoms with Crippen molar-refractivity contribution in [2.75, 3.05) is 26.2 Å². The molecule has 1 atom stereocenters. The molecule has 1 aliphatic heterocycles. The van der Waals surface area contributed by atoms with Gasteiger partial charge < -0.3 is 5.32 Å². The Morgan fingerprint density at radius 1 is 1.43 bits per heavy atom. The average molecular weight is 231 g/mol. The Labute approximate surface area is 93.9 Å². The van der Waals surface area contributed by atoms with E-state index in [4.69, 9.17) is 11.6 Å². The summed E-state index contributed by atoms with van der Waals surface area (Å²) in [6, 6.07) is 4.63. The normalized spacial score (nSPS) is 21.0. The summed E-state index contributed by atoms with van der Waals surface area (Å²) in [5.41, 5.74) is 0. The Morgan fingerprint density at radius 3 is 2.71 bits per heavy atom. The summed E-state index contributed by atoms with van der Waals surface area (Å²) in [5.74, 6) is 0. The molecule has 1 fully saturated rings. The van der Waals surface area contributed by atoms with Gasteiger partial charge in [-0.25, -0.2) is 0 Å². The van der Waals surface area contributed by atoms with E-state index >= 15 is 0 Å². The first-order chi connectivity index (χ1) is 6.77. The number of nitrogens with zero attached hydrogens (tertiary/aromatic N) is 1. The number of thiophene rings is 1. The Kier molecular flexibility index (Phi) is 3.44. The molecule has 2 rings (SSSR count). The van der Waals surface area contributed by atoms with Gasteiger partial charge in [0, 0.05) is 37.1 Å². The second-order valence-corrected chi connectivity index (χ2v) is 5.35. The zero-order chi connectivity index (χ0) is 9.97. The Bertz CT molecular complexity index is 294. The second-order valence-electron chi connectivity index (χ2n) is 3.60. The number of hydrogen-bond acceptors (Lipinski definition) is 3. The molecule has 0 aromatic carbocycles. The molecular weight excluding hydrogens is 216 g/mol. The quantitative estimate of drug-likeness (QED) is 0.839. The lowest BCUT2D eigenvalue weighted by Crippen LogP contribution is -2.44. The zero-order valence-corrected chi connectivity index (χ0v) is 9.87. The second kappa shape index (κ2) is 4.62. The summed E-state index contributed by atoms with van der Waals surface area (Å²) < 4.78 is 0.891. The van der Waals surface area contributed by atoms with E-state index in [9.17, 15) is 0 Å². The lowest BCUT2D eigenvalue weighted by Gasteiger charge is -2.32. The summed E-state index contributed by atoms with van der Waals surface area (Å²) in [7, 11) is 0. The number of hydrogen-bond donors (Lipinski definition) is 1. The molecule has 1 aliphatic rings. The van der Waals surface area contributed by atoms with Crippen molar-refractivity contribution in [3.05, 3.63) is 21.3 Å². The highest BCUT2D eigenvalue weighted by Crippen LogP contribution is 2.30. The van der Waals surface area contributed by atoms with E-state index in [0.29, 0.717) is 6.04 Å². The van der Waals surface area contributed by atoms with Gasteiger partial charge in [-0.2, -0.15) is 0 Å². The monoisotopic (exact) mass is 230 g/mol. The molecule has 0 aliphatic carbocycles. The maximum atomic E-state index is 5.93. The molecule has 78 valence electrons. The molecule has 0 unspecified atom stereocenters. The molecule has 0 radical (unpaired) electrons. The molecule has 1 aromatic heterocycles. The van der Waals surface area contributed by atoms with Crippen LogP contribution in [0.1, 0.15) is 17.8 Å². The highest BCUT2D eigenvalue weighted by Gasteiger charge is 2.18. The van der Waals surface area contributed by atoms with Crippen LogP contribution >= 0.6 is 22.9 Å². The molecule has 0 amide bonds. The van der Waals surface area contributed by atoms with E-state index in [0.717, 1.165) is 30.5 Å². The molecule has 1 saturated heterocycles. The van der Waals surface area contributed by atoms with E-state index in [2.05, 4.69) is 23.2 Å². The topological polar surface area (TPSA) is 15.3 Å². The molecule has 4 heteroatoms. The average Bonchev–Trinajstić information content (AvgIpc) is 2.65. The number of nitrogens with one attached hydrogen (secondary N) is 1. The summed E-state index contributed by atoms with van der Waals surface area (Å²) in [4.78, 5) is 3.87. The lowest BCUT2D eigenvalue weighted by molar-refractivity contribution is 0.188. The Balaban J connectivity index is 2.03. The van der Waals surface area contributed by atoms with Crippen molar-refractivity contribution in [1.82, 2.24) is 10.2 Å². The number of rotatable bonds is 2. The fraction of sp³-hybridized carbons (Fsp3) is 0.600. The maximum absolute atomic E-state index is 5.93. The summed E-state index contributed by atoms with van der Waals surface area (Å²) in [5, 5.41) is 3.36. The van der Waals surface area contributed by atoms with Crippen LogP contribution in [-0.4, -0.2) is 31.1 Å². The molecule has 1 N–H and O–H groups in total. The van der Waals surface area contributed by atoms with E-state index in [1.54, 1.807) is 11.3 Å². The van der Waals surface area contributed by atoms with Crippen molar-refractivity contribution >= 4 is 22.9 Å². The van der Waals surface area contributed by atoms with E-state index in [1.165, 1.54) is 4.88 Å². The molecule has 0 saturated carbocycles. The fourth-order valence-electron chi connectivity index (χ4n) is 1.80. The molecule has 0 bridgehead atoms.